The fourth-order valence-corrected chi connectivity index (χ4v) is 1.30. The van der Waals surface area contributed by atoms with Crippen LogP contribution in [0, 0.1) is 0 Å². The van der Waals surface area contributed by atoms with E-state index < -0.39 is 0 Å². The first kappa shape index (κ1) is 14.4. The largest absolute Gasteiger partial charge is 0.480 e. The average molecular weight is 252 g/mol. The topological polar surface area (TPSA) is 60.5 Å². The van der Waals surface area contributed by atoms with Gasteiger partial charge in [0.15, 0.2) is 6.61 Å². The van der Waals surface area contributed by atoms with Gasteiger partial charge in [-0.15, -0.1) is 0 Å². The summed E-state index contributed by atoms with van der Waals surface area (Å²) in [7, 11) is 1.86. The van der Waals surface area contributed by atoms with E-state index in [9.17, 15) is 4.79 Å². The molecule has 0 aliphatic rings. The molecule has 0 unspecified atom stereocenters. The fraction of sp³-hybridized carbons (Fsp3) is 0.538. The van der Waals surface area contributed by atoms with Crippen LogP contribution in [0.3, 0.4) is 0 Å². The lowest BCUT2D eigenvalue weighted by Gasteiger charge is -2.07. The molecule has 1 N–H and O–H groups in total. The van der Waals surface area contributed by atoms with E-state index in [0.29, 0.717) is 18.9 Å². The van der Waals surface area contributed by atoms with Crippen molar-refractivity contribution in [2.24, 2.45) is 0 Å². The van der Waals surface area contributed by atoms with E-state index in [1.54, 1.807) is 12.3 Å². The SMILES string of the molecule is CCCCOC(=O)COc1ccc(CNC)nc1. The number of hydrogen-bond acceptors (Lipinski definition) is 5. The van der Waals surface area contributed by atoms with Crippen molar-refractivity contribution in [2.75, 3.05) is 20.3 Å². The number of nitrogens with zero attached hydrogens (tertiary/aromatic N) is 1. The summed E-state index contributed by atoms with van der Waals surface area (Å²) < 4.78 is 10.2. The summed E-state index contributed by atoms with van der Waals surface area (Å²) in [4.78, 5) is 15.5. The predicted molar refractivity (Wildman–Crippen MR) is 68.4 cm³/mol. The summed E-state index contributed by atoms with van der Waals surface area (Å²) in [5.41, 5.74) is 0.926. The minimum Gasteiger partial charge on any atom is -0.480 e. The molecule has 5 nitrogen and oxygen atoms in total. The number of pyridine rings is 1. The van der Waals surface area contributed by atoms with Gasteiger partial charge in [0.25, 0.3) is 0 Å². The Kier molecular flexibility index (Phi) is 6.79. The first-order valence-corrected chi connectivity index (χ1v) is 6.14. The Bertz CT molecular complexity index is 352. The van der Waals surface area contributed by atoms with Crippen molar-refractivity contribution < 1.29 is 14.3 Å². The average Bonchev–Trinajstić information content (AvgIpc) is 2.39. The molecule has 0 aliphatic carbocycles. The van der Waals surface area contributed by atoms with E-state index in [2.05, 4.69) is 10.3 Å². The zero-order valence-electron chi connectivity index (χ0n) is 10.9. The fourth-order valence-electron chi connectivity index (χ4n) is 1.30. The molecule has 0 fully saturated rings. The van der Waals surface area contributed by atoms with E-state index in [1.165, 1.54) is 0 Å². The number of ether oxygens (including phenoxy) is 2. The van der Waals surface area contributed by atoms with Gasteiger partial charge in [-0.2, -0.15) is 0 Å². The van der Waals surface area contributed by atoms with E-state index in [1.807, 2.05) is 20.0 Å². The summed E-state index contributed by atoms with van der Waals surface area (Å²) in [5.74, 6) is 0.227. The molecule has 100 valence electrons. The second-order valence-electron chi connectivity index (χ2n) is 3.88. The number of unbranched alkanes of at least 4 members (excludes halogenated alkanes) is 1. The van der Waals surface area contributed by atoms with Crippen molar-refractivity contribution >= 4 is 5.97 Å². The molecule has 1 aromatic heterocycles. The van der Waals surface area contributed by atoms with Crippen LogP contribution in [0.5, 0.6) is 5.75 Å². The second kappa shape index (κ2) is 8.47. The summed E-state index contributed by atoms with van der Waals surface area (Å²) in [5, 5.41) is 3.00. The summed E-state index contributed by atoms with van der Waals surface area (Å²) >= 11 is 0. The van der Waals surface area contributed by atoms with Gasteiger partial charge in [-0.1, -0.05) is 13.3 Å². The molecule has 0 aromatic carbocycles. The number of aromatic nitrogens is 1. The van der Waals surface area contributed by atoms with E-state index in [-0.39, 0.29) is 12.6 Å². The van der Waals surface area contributed by atoms with E-state index in [4.69, 9.17) is 9.47 Å². The van der Waals surface area contributed by atoms with Crippen LogP contribution in [-0.2, 0) is 16.1 Å². The maximum Gasteiger partial charge on any atom is 0.344 e. The lowest BCUT2D eigenvalue weighted by molar-refractivity contribution is -0.146. The molecule has 1 heterocycles. The third kappa shape index (κ3) is 5.63. The highest BCUT2D eigenvalue weighted by Gasteiger charge is 2.04. The number of esters is 1. The van der Waals surface area contributed by atoms with Crippen LogP contribution in [0.15, 0.2) is 18.3 Å². The van der Waals surface area contributed by atoms with E-state index >= 15 is 0 Å². The highest BCUT2D eigenvalue weighted by Crippen LogP contribution is 2.09. The van der Waals surface area contributed by atoms with Crippen molar-refractivity contribution in [1.29, 1.82) is 0 Å². The predicted octanol–water partition coefficient (Wildman–Crippen LogP) is 1.52. The van der Waals surface area contributed by atoms with E-state index in [0.717, 1.165) is 18.5 Å². The number of rotatable bonds is 8. The monoisotopic (exact) mass is 252 g/mol. The Hall–Kier alpha value is -1.62. The number of hydrogen-bond donors (Lipinski definition) is 1. The molecule has 18 heavy (non-hydrogen) atoms. The van der Waals surface area contributed by atoms with Gasteiger partial charge in [0.05, 0.1) is 18.5 Å². The Morgan fingerprint density at radius 2 is 2.28 bits per heavy atom. The summed E-state index contributed by atoms with van der Waals surface area (Å²) in [6, 6.07) is 3.65. The first-order valence-electron chi connectivity index (χ1n) is 6.14. The van der Waals surface area contributed by atoms with Gasteiger partial charge in [-0.25, -0.2) is 4.79 Å². The van der Waals surface area contributed by atoms with Crippen molar-refractivity contribution in [2.45, 2.75) is 26.3 Å². The number of nitrogens with one attached hydrogen (secondary N) is 1. The van der Waals surface area contributed by atoms with Gasteiger partial charge in [0, 0.05) is 6.54 Å². The third-order valence-electron chi connectivity index (χ3n) is 2.27. The van der Waals surface area contributed by atoms with Crippen LogP contribution in [-0.4, -0.2) is 31.2 Å². The number of carbonyl (C=O) groups excluding carboxylic acids is 1. The summed E-state index contributed by atoms with van der Waals surface area (Å²) in [6.07, 6.45) is 3.49. The van der Waals surface area contributed by atoms with Crippen molar-refractivity contribution in [3.05, 3.63) is 24.0 Å². The third-order valence-corrected chi connectivity index (χ3v) is 2.27. The van der Waals surface area contributed by atoms with Crippen LogP contribution in [0.4, 0.5) is 0 Å². The Labute approximate surface area is 108 Å². The van der Waals surface area contributed by atoms with Gasteiger partial charge >= 0.3 is 5.97 Å². The smallest absolute Gasteiger partial charge is 0.344 e. The molecule has 0 amide bonds. The van der Waals surface area contributed by atoms with Gasteiger partial charge in [-0.05, 0) is 25.6 Å². The standard InChI is InChI=1S/C13H20N2O3/c1-3-4-7-17-13(16)10-18-12-6-5-11(8-14-2)15-9-12/h5-6,9,14H,3-4,7-8,10H2,1-2H3. The van der Waals surface area contributed by atoms with Crippen LogP contribution in [0.25, 0.3) is 0 Å². The molecular weight excluding hydrogens is 232 g/mol. The lowest BCUT2D eigenvalue weighted by atomic mass is 10.3. The highest BCUT2D eigenvalue weighted by atomic mass is 16.6. The van der Waals surface area contributed by atoms with Crippen molar-refractivity contribution in [3.8, 4) is 5.75 Å². The van der Waals surface area contributed by atoms with Crippen LogP contribution in [0.2, 0.25) is 0 Å². The van der Waals surface area contributed by atoms with Gasteiger partial charge in [0.1, 0.15) is 5.75 Å². The highest BCUT2D eigenvalue weighted by molar-refractivity contribution is 5.71. The zero-order chi connectivity index (χ0) is 13.2. The Morgan fingerprint density at radius 3 is 2.89 bits per heavy atom. The maximum atomic E-state index is 11.3. The molecule has 0 saturated heterocycles. The Morgan fingerprint density at radius 1 is 1.44 bits per heavy atom. The van der Waals surface area contributed by atoms with Crippen LogP contribution >= 0.6 is 0 Å². The molecule has 0 atom stereocenters. The molecule has 0 aliphatic heterocycles. The molecule has 0 bridgehead atoms. The first-order chi connectivity index (χ1) is 8.76. The quantitative estimate of drug-likeness (QED) is 0.561. The van der Waals surface area contributed by atoms with Gasteiger partial charge in [-0.3, -0.25) is 4.98 Å². The zero-order valence-corrected chi connectivity index (χ0v) is 10.9. The van der Waals surface area contributed by atoms with Crippen LogP contribution in [0.1, 0.15) is 25.5 Å². The second-order valence-corrected chi connectivity index (χ2v) is 3.88. The minimum absolute atomic E-state index is 0.0727. The minimum atomic E-state index is -0.345. The molecule has 1 aromatic rings. The Balaban J connectivity index is 2.27. The molecule has 1 rings (SSSR count). The number of carbonyl (C=O) groups is 1. The normalized spacial score (nSPS) is 10.1. The van der Waals surface area contributed by atoms with Crippen LogP contribution < -0.4 is 10.1 Å². The van der Waals surface area contributed by atoms with Crippen molar-refractivity contribution in [3.63, 3.8) is 0 Å². The molecule has 0 spiro atoms. The van der Waals surface area contributed by atoms with Crippen molar-refractivity contribution in [1.82, 2.24) is 10.3 Å². The molecule has 0 radical (unpaired) electrons. The summed E-state index contributed by atoms with van der Waals surface area (Å²) in [6.45, 7) is 3.14. The molecular formula is C13H20N2O3. The molecule has 5 heteroatoms. The van der Waals surface area contributed by atoms with Gasteiger partial charge in [0.2, 0.25) is 0 Å². The molecule has 0 saturated carbocycles. The maximum absolute atomic E-state index is 11.3. The lowest BCUT2D eigenvalue weighted by Crippen LogP contribution is -2.15. The van der Waals surface area contributed by atoms with Gasteiger partial charge < -0.3 is 14.8 Å².